The number of nitrogens with two attached hydrogens (primary N) is 1. The van der Waals surface area contributed by atoms with Crippen LogP contribution in [0.4, 0.5) is 5.69 Å². The highest BCUT2D eigenvalue weighted by molar-refractivity contribution is 7.88. The maximum atomic E-state index is 12.3. The number of rotatable bonds is 3. The van der Waals surface area contributed by atoms with Gasteiger partial charge >= 0.3 is 0 Å². The SMILES string of the molecule is Nc1ccc(CS(=O)(=O)N2CCNC(=O)CC2)cc1. The van der Waals surface area contributed by atoms with Crippen LogP contribution in [0.2, 0.25) is 0 Å². The molecule has 1 saturated heterocycles. The second-order valence-corrected chi connectivity index (χ2v) is 6.47. The fourth-order valence-corrected chi connectivity index (χ4v) is 3.48. The van der Waals surface area contributed by atoms with E-state index >= 15 is 0 Å². The highest BCUT2D eigenvalue weighted by atomic mass is 32.2. The molecule has 1 aliphatic heterocycles. The lowest BCUT2D eigenvalue weighted by Crippen LogP contribution is -2.35. The number of nitrogens with zero attached hydrogens (tertiary/aromatic N) is 1. The van der Waals surface area contributed by atoms with E-state index in [-0.39, 0.29) is 24.6 Å². The van der Waals surface area contributed by atoms with Crippen molar-refractivity contribution in [1.29, 1.82) is 0 Å². The Balaban J connectivity index is 2.09. The summed E-state index contributed by atoms with van der Waals surface area (Å²) >= 11 is 0. The van der Waals surface area contributed by atoms with Gasteiger partial charge in [-0.3, -0.25) is 4.79 Å². The van der Waals surface area contributed by atoms with Crippen molar-refractivity contribution in [2.75, 3.05) is 25.4 Å². The van der Waals surface area contributed by atoms with Gasteiger partial charge in [0.15, 0.2) is 0 Å². The minimum atomic E-state index is -3.40. The molecule has 1 aliphatic rings. The number of anilines is 1. The van der Waals surface area contributed by atoms with Gasteiger partial charge in [-0.1, -0.05) is 12.1 Å². The number of sulfonamides is 1. The molecule has 0 atom stereocenters. The molecular weight excluding hydrogens is 266 g/mol. The maximum Gasteiger partial charge on any atom is 0.221 e. The number of benzene rings is 1. The van der Waals surface area contributed by atoms with E-state index in [9.17, 15) is 13.2 Å². The second-order valence-electron chi connectivity index (χ2n) is 4.50. The standard InChI is InChI=1S/C12H17N3O3S/c13-11-3-1-10(2-4-11)9-19(17,18)15-7-5-12(16)14-6-8-15/h1-4H,5-9,13H2,(H,14,16). The molecule has 19 heavy (non-hydrogen) atoms. The number of hydrogen-bond acceptors (Lipinski definition) is 4. The molecule has 2 rings (SSSR count). The second kappa shape index (κ2) is 5.58. The molecule has 1 aromatic rings. The Hall–Kier alpha value is -1.60. The lowest BCUT2D eigenvalue weighted by Gasteiger charge is -2.19. The van der Waals surface area contributed by atoms with Gasteiger partial charge in [-0.15, -0.1) is 0 Å². The Morgan fingerprint density at radius 2 is 1.89 bits per heavy atom. The van der Waals surface area contributed by atoms with Crippen LogP contribution < -0.4 is 11.1 Å². The Labute approximate surface area is 112 Å². The number of carbonyl (C=O) groups is 1. The predicted molar refractivity (Wildman–Crippen MR) is 72.7 cm³/mol. The highest BCUT2D eigenvalue weighted by Crippen LogP contribution is 2.13. The van der Waals surface area contributed by atoms with Crippen molar-refractivity contribution in [3.63, 3.8) is 0 Å². The first-order valence-electron chi connectivity index (χ1n) is 6.06. The summed E-state index contributed by atoms with van der Waals surface area (Å²) in [5, 5.41) is 2.66. The van der Waals surface area contributed by atoms with E-state index in [1.165, 1.54) is 4.31 Å². The number of carbonyl (C=O) groups excluding carboxylic acids is 1. The molecule has 3 N–H and O–H groups in total. The largest absolute Gasteiger partial charge is 0.399 e. The lowest BCUT2D eigenvalue weighted by molar-refractivity contribution is -0.120. The minimum Gasteiger partial charge on any atom is -0.399 e. The van der Waals surface area contributed by atoms with Gasteiger partial charge < -0.3 is 11.1 Å². The Morgan fingerprint density at radius 1 is 1.21 bits per heavy atom. The number of nitrogen functional groups attached to an aromatic ring is 1. The zero-order valence-corrected chi connectivity index (χ0v) is 11.3. The van der Waals surface area contributed by atoms with Gasteiger partial charge in [-0.05, 0) is 17.7 Å². The van der Waals surface area contributed by atoms with Crippen molar-refractivity contribution in [3.8, 4) is 0 Å². The van der Waals surface area contributed by atoms with Crippen LogP contribution in [0.5, 0.6) is 0 Å². The van der Waals surface area contributed by atoms with E-state index in [1.54, 1.807) is 24.3 Å². The van der Waals surface area contributed by atoms with E-state index in [1.807, 2.05) is 0 Å². The van der Waals surface area contributed by atoms with E-state index in [0.29, 0.717) is 24.3 Å². The Kier molecular flexibility index (Phi) is 4.06. The smallest absolute Gasteiger partial charge is 0.221 e. The van der Waals surface area contributed by atoms with Crippen molar-refractivity contribution in [1.82, 2.24) is 9.62 Å². The minimum absolute atomic E-state index is 0.0680. The van der Waals surface area contributed by atoms with Gasteiger partial charge in [0.25, 0.3) is 0 Å². The Bertz CT molecular complexity index is 554. The molecule has 6 nitrogen and oxygen atoms in total. The van der Waals surface area contributed by atoms with Gasteiger partial charge in [0.05, 0.1) is 5.75 Å². The quantitative estimate of drug-likeness (QED) is 0.759. The number of hydrogen-bond donors (Lipinski definition) is 2. The summed E-state index contributed by atoms with van der Waals surface area (Å²) in [5.74, 6) is -0.174. The summed E-state index contributed by atoms with van der Waals surface area (Å²) in [6.07, 6.45) is 0.209. The average Bonchev–Trinajstić information content (AvgIpc) is 2.57. The van der Waals surface area contributed by atoms with Crippen LogP contribution in [-0.4, -0.2) is 38.3 Å². The van der Waals surface area contributed by atoms with Gasteiger partial charge in [-0.25, -0.2) is 8.42 Å². The molecular formula is C12H17N3O3S. The third-order valence-electron chi connectivity index (χ3n) is 2.99. The molecule has 1 aromatic carbocycles. The first-order chi connectivity index (χ1) is 8.97. The van der Waals surface area contributed by atoms with Crippen molar-refractivity contribution in [2.45, 2.75) is 12.2 Å². The summed E-state index contributed by atoms with van der Waals surface area (Å²) in [6.45, 7) is 0.923. The summed E-state index contributed by atoms with van der Waals surface area (Å²) in [4.78, 5) is 11.2. The third-order valence-corrected chi connectivity index (χ3v) is 4.84. The molecule has 1 fully saturated rings. The number of nitrogens with one attached hydrogen (secondary N) is 1. The summed E-state index contributed by atoms with van der Waals surface area (Å²) < 4.78 is 25.9. The fraction of sp³-hybridized carbons (Fsp3) is 0.417. The summed E-state index contributed by atoms with van der Waals surface area (Å²) in [7, 11) is -3.40. The average molecular weight is 283 g/mol. The van der Waals surface area contributed by atoms with Crippen LogP contribution in [-0.2, 0) is 20.6 Å². The monoisotopic (exact) mass is 283 g/mol. The molecule has 0 aromatic heterocycles. The molecule has 0 unspecified atom stereocenters. The molecule has 0 spiro atoms. The fourth-order valence-electron chi connectivity index (χ4n) is 1.94. The predicted octanol–water partition coefficient (Wildman–Crippen LogP) is -0.0795. The molecule has 0 radical (unpaired) electrons. The Morgan fingerprint density at radius 3 is 2.58 bits per heavy atom. The first-order valence-corrected chi connectivity index (χ1v) is 7.67. The van der Waals surface area contributed by atoms with Gasteiger partial charge in [-0.2, -0.15) is 4.31 Å². The molecule has 104 valence electrons. The normalized spacial score (nSPS) is 17.8. The molecule has 0 saturated carbocycles. The van der Waals surface area contributed by atoms with Crippen LogP contribution in [0.1, 0.15) is 12.0 Å². The lowest BCUT2D eigenvalue weighted by atomic mass is 10.2. The van der Waals surface area contributed by atoms with Gasteiger partial charge in [0.1, 0.15) is 0 Å². The van der Waals surface area contributed by atoms with Gasteiger partial charge in [0.2, 0.25) is 15.9 Å². The molecule has 0 aliphatic carbocycles. The molecule has 1 amide bonds. The number of amides is 1. The topological polar surface area (TPSA) is 92.5 Å². The van der Waals surface area contributed by atoms with E-state index < -0.39 is 10.0 Å². The van der Waals surface area contributed by atoms with Crippen molar-refractivity contribution in [2.24, 2.45) is 0 Å². The van der Waals surface area contributed by atoms with Crippen LogP contribution in [0, 0.1) is 0 Å². The highest BCUT2D eigenvalue weighted by Gasteiger charge is 2.25. The summed E-state index contributed by atoms with van der Waals surface area (Å²) in [5.41, 5.74) is 6.86. The maximum absolute atomic E-state index is 12.3. The van der Waals surface area contributed by atoms with E-state index in [0.717, 1.165) is 0 Å². The van der Waals surface area contributed by atoms with Crippen LogP contribution >= 0.6 is 0 Å². The van der Waals surface area contributed by atoms with E-state index in [4.69, 9.17) is 5.73 Å². The van der Waals surface area contributed by atoms with Crippen molar-refractivity contribution < 1.29 is 13.2 Å². The van der Waals surface area contributed by atoms with Gasteiger partial charge in [0, 0.05) is 31.7 Å². The van der Waals surface area contributed by atoms with Crippen LogP contribution in [0.25, 0.3) is 0 Å². The zero-order valence-electron chi connectivity index (χ0n) is 10.5. The molecule has 1 heterocycles. The summed E-state index contributed by atoms with van der Waals surface area (Å²) in [6, 6.07) is 6.76. The van der Waals surface area contributed by atoms with Crippen LogP contribution in [0.3, 0.4) is 0 Å². The molecule has 7 heteroatoms. The molecule has 0 bridgehead atoms. The first kappa shape index (κ1) is 13.8. The van der Waals surface area contributed by atoms with Crippen molar-refractivity contribution >= 4 is 21.6 Å². The third kappa shape index (κ3) is 3.68. The van der Waals surface area contributed by atoms with Crippen molar-refractivity contribution in [3.05, 3.63) is 29.8 Å². The zero-order chi connectivity index (χ0) is 13.9. The van der Waals surface area contributed by atoms with E-state index in [2.05, 4.69) is 5.32 Å². The van der Waals surface area contributed by atoms with Crippen LogP contribution in [0.15, 0.2) is 24.3 Å².